The zero-order chi connectivity index (χ0) is 23.5. The average molecular weight is 474 g/mol. The number of hydrogen-bond acceptors (Lipinski definition) is 6. The molecule has 0 aliphatic rings. The predicted octanol–water partition coefficient (Wildman–Crippen LogP) is 4.63. The minimum atomic E-state index is -0.494. The van der Waals surface area contributed by atoms with Gasteiger partial charge in [0.2, 0.25) is 5.95 Å². The van der Waals surface area contributed by atoms with Gasteiger partial charge in [0.25, 0.3) is 0 Å². The number of aromatic nitrogens is 5. The van der Waals surface area contributed by atoms with E-state index in [2.05, 4.69) is 32.6 Å². The quantitative estimate of drug-likeness (QED) is 0.358. The third-order valence-electron chi connectivity index (χ3n) is 5.48. The lowest BCUT2D eigenvalue weighted by molar-refractivity contribution is 0.628. The number of hydrogen-bond donors (Lipinski definition) is 2. The van der Waals surface area contributed by atoms with Gasteiger partial charge in [-0.2, -0.15) is 0 Å². The molecule has 0 amide bonds. The fraction of sp³-hybridized carbons (Fsp3) is 0.120. The van der Waals surface area contributed by atoms with Gasteiger partial charge < -0.3 is 11.1 Å². The summed E-state index contributed by atoms with van der Waals surface area (Å²) in [5.41, 5.74) is 10.9. The van der Waals surface area contributed by atoms with E-state index in [1.165, 1.54) is 11.6 Å². The van der Waals surface area contributed by atoms with Crippen molar-refractivity contribution in [2.24, 2.45) is 5.73 Å². The van der Waals surface area contributed by atoms with E-state index in [0.717, 1.165) is 12.0 Å². The van der Waals surface area contributed by atoms with Crippen molar-refractivity contribution in [2.45, 2.75) is 12.5 Å². The molecule has 9 heteroatoms. The summed E-state index contributed by atoms with van der Waals surface area (Å²) in [7, 11) is 0. The van der Waals surface area contributed by atoms with Crippen LogP contribution < -0.4 is 11.1 Å². The third kappa shape index (κ3) is 4.46. The zero-order valence-corrected chi connectivity index (χ0v) is 18.8. The lowest BCUT2D eigenvalue weighted by Crippen LogP contribution is -2.32. The van der Waals surface area contributed by atoms with Crippen LogP contribution in [0.5, 0.6) is 0 Å². The van der Waals surface area contributed by atoms with Gasteiger partial charge in [0.05, 0.1) is 16.3 Å². The Morgan fingerprint density at radius 2 is 1.82 bits per heavy atom. The summed E-state index contributed by atoms with van der Waals surface area (Å²) in [6.45, 7) is 0.493. The van der Waals surface area contributed by atoms with Gasteiger partial charge in [0, 0.05) is 30.5 Å². The standard InChI is InChI=1S/C25H21ClFN7/c26-20-13-18(6-7-21(20)27)22-23(17-8-10-29-11-9-17)32-25(34-15-31-33-24(22)34)30-14-19(28)12-16-4-2-1-3-5-16/h1-11,13,15,19H,12,14,28H2,(H,30,32). The summed E-state index contributed by atoms with van der Waals surface area (Å²) in [4.78, 5) is 9.01. The number of benzene rings is 2. The highest BCUT2D eigenvalue weighted by atomic mass is 35.5. The molecule has 0 saturated carbocycles. The van der Waals surface area contributed by atoms with E-state index in [0.29, 0.717) is 35.0 Å². The van der Waals surface area contributed by atoms with Gasteiger partial charge in [0.15, 0.2) is 5.65 Å². The molecule has 0 spiro atoms. The topological polar surface area (TPSA) is 94.0 Å². The van der Waals surface area contributed by atoms with Crippen molar-refractivity contribution in [3.05, 3.63) is 95.8 Å². The van der Waals surface area contributed by atoms with Gasteiger partial charge in [-0.1, -0.05) is 48.0 Å². The Balaban J connectivity index is 1.56. The van der Waals surface area contributed by atoms with E-state index >= 15 is 0 Å². The number of halogens is 2. The van der Waals surface area contributed by atoms with Crippen LogP contribution in [0.1, 0.15) is 5.56 Å². The molecule has 0 radical (unpaired) electrons. The molecule has 7 nitrogen and oxygen atoms in total. The van der Waals surface area contributed by atoms with Crippen LogP contribution in [0.3, 0.4) is 0 Å². The highest BCUT2D eigenvalue weighted by molar-refractivity contribution is 6.31. The maximum atomic E-state index is 13.9. The fourth-order valence-electron chi connectivity index (χ4n) is 3.85. The van der Waals surface area contributed by atoms with Crippen LogP contribution in [0, 0.1) is 5.82 Å². The Labute approximate surface area is 200 Å². The second-order valence-corrected chi connectivity index (χ2v) is 8.29. The molecule has 5 aromatic rings. The maximum Gasteiger partial charge on any atom is 0.210 e. The Bertz CT molecular complexity index is 1420. The fourth-order valence-corrected chi connectivity index (χ4v) is 4.03. The molecule has 170 valence electrons. The summed E-state index contributed by atoms with van der Waals surface area (Å²) >= 11 is 6.10. The monoisotopic (exact) mass is 473 g/mol. The number of nitrogens with zero attached hydrogens (tertiary/aromatic N) is 5. The summed E-state index contributed by atoms with van der Waals surface area (Å²) in [5, 5.41) is 11.8. The first kappa shape index (κ1) is 21.9. The predicted molar refractivity (Wildman–Crippen MR) is 131 cm³/mol. The molecular formula is C25H21ClFN7. The highest BCUT2D eigenvalue weighted by Crippen LogP contribution is 2.36. The van der Waals surface area contributed by atoms with Crippen LogP contribution in [0.2, 0.25) is 5.02 Å². The Morgan fingerprint density at radius 1 is 1.03 bits per heavy atom. The second kappa shape index (κ2) is 9.54. The average Bonchev–Trinajstić information content (AvgIpc) is 3.35. The first-order valence-corrected chi connectivity index (χ1v) is 11.1. The first-order chi connectivity index (χ1) is 16.6. The Morgan fingerprint density at radius 3 is 2.59 bits per heavy atom. The van der Waals surface area contributed by atoms with Gasteiger partial charge in [-0.05, 0) is 41.8 Å². The van der Waals surface area contributed by atoms with E-state index < -0.39 is 5.82 Å². The molecule has 5 rings (SSSR count). The number of nitrogens with two attached hydrogens (primary N) is 1. The molecule has 34 heavy (non-hydrogen) atoms. The van der Waals surface area contributed by atoms with Gasteiger partial charge in [-0.3, -0.25) is 9.38 Å². The molecule has 0 bridgehead atoms. The number of pyridine rings is 1. The summed E-state index contributed by atoms with van der Waals surface area (Å²) in [6.07, 6.45) is 5.69. The minimum Gasteiger partial charge on any atom is -0.354 e. The normalized spacial score (nSPS) is 12.1. The van der Waals surface area contributed by atoms with Gasteiger partial charge in [0.1, 0.15) is 12.1 Å². The van der Waals surface area contributed by atoms with Crippen molar-refractivity contribution >= 4 is 23.2 Å². The summed E-state index contributed by atoms with van der Waals surface area (Å²) < 4.78 is 15.6. The molecule has 0 aliphatic heterocycles. The van der Waals surface area contributed by atoms with E-state index in [4.69, 9.17) is 22.3 Å². The van der Waals surface area contributed by atoms with Crippen LogP contribution in [0.15, 0.2) is 79.4 Å². The Hall–Kier alpha value is -3.88. The lowest BCUT2D eigenvalue weighted by atomic mass is 10.0. The molecule has 3 heterocycles. The third-order valence-corrected chi connectivity index (χ3v) is 5.77. The van der Waals surface area contributed by atoms with Crippen LogP contribution in [0.25, 0.3) is 28.0 Å². The molecular weight excluding hydrogens is 453 g/mol. The highest BCUT2D eigenvalue weighted by Gasteiger charge is 2.20. The largest absolute Gasteiger partial charge is 0.354 e. The van der Waals surface area contributed by atoms with E-state index in [1.54, 1.807) is 35.3 Å². The second-order valence-electron chi connectivity index (χ2n) is 7.88. The van der Waals surface area contributed by atoms with Crippen molar-refractivity contribution in [1.29, 1.82) is 0 Å². The minimum absolute atomic E-state index is 0.0185. The number of rotatable bonds is 7. The van der Waals surface area contributed by atoms with Gasteiger partial charge in [-0.15, -0.1) is 10.2 Å². The van der Waals surface area contributed by atoms with Crippen molar-refractivity contribution in [3.8, 4) is 22.4 Å². The van der Waals surface area contributed by atoms with E-state index in [-0.39, 0.29) is 11.1 Å². The molecule has 0 aliphatic carbocycles. The van der Waals surface area contributed by atoms with Crippen LogP contribution in [-0.4, -0.2) is 37.2 Å². The summed E-state index contributed by atoms with van der Waals surface area (Å²) in [6, 6.07) is 18.2. The van der Waals surface area contributed by atoms with E-state index in [9.17, 15) is 4.39 Å². The van der Waals surface area contributed by atoms with Gasteiger partial charge in [-0.25, -0.2) is 9.37 Å². The van der Waals surface area contributed by atoms with Crippen molar-refractivity contribution in [1.82, 2.24) is 24.6 Å². The van der Waals surface area contributed by atoms with Gasteiger partial charge >= 0.3 is 0 Å². The van der Waals surface area contributed by atoms with Crippen molar-refractivity contribution in [3.63, 3.8) is 0 Å². The van der Waals surface area contributed by atoms with Crippen molar-refractivity contribution < 1.29 is 4.39 Å². The molecule has 0 saturated heterocycles. The molecule has 0 fully saturated rings. The maximum absolute atomic E-state index is 13.9. The zero-order valence-electron chi connectivity index (χ0n) is 18.1. The molecule has 1 unspecified atom stereocenters. The lowest BCUT2D eigenvalue weighted by Gasteiger charge is -2.17. The van der Waals surface area contributed by atoms with E-state index in [1.807, 2.05) is 30.3 Å². The number of nitrogens with one attached hydrogen (secondary N) is 1. The van der Waals surface area contributed by atoms with Crippen LogP contribution in [-0.2, 0) is 6.42 Å². The molecule has 3 aromatic heterocycles. The van der Waals surface area contributed by atoms with Crippen molar-refractivity contribution in [2.75, 3.05) is 11.9 Å². The number of fused-ring (bicyclic) bond motifs is 1. The first-order valence-electron chi connectivity index (χ1n) is 10.7. The molecule has 1 atom stereocenters. The smallest absolute Gasteiger partial charge is 0.210 e. The molecule has 2 aromatic carbocycles. The SMILES string of the molecule is NC(CNc1nc(-c2ccncc2)c(-c2ccc(F)c(Cl)c2)c2nncn12)Cc1ccccc1. The van der Waals surface area contributed by atoms with Crippen LogP contribution in [0.4, 0.5) is 10.3 Å². The van der Waals surface area contributed by atoms with Crippen LogP contribution >= 0.6 is 11.6 Å². The Kier molecular flexibility index (Phi) is 6.16. The summed E-state index contributed by atoms with van der Waals surface area (Å²) in [5.74, 6) is 0.0549. The molecule has 3 N–H and O–H groups in total. The number of anilines is 1.